The van der Waals surface area contributed by atoms with Crippen molar-refractivity contribution in [3.8, 4) is 5.69 Å². The first-order valence-electron chi connectivity index (χ1n) is 6.99. The van der Waals surface area contributed by atoms with Gasteiger partial charge in [0.05, 0.1) is 21.4 Å². The van der Waals surface area contributed by atoms with Crippen molar-refractivity contribution >= 4 is 23.4 Å². The van der Waals surface area contributed by atoms with E-state index in [2.05, 4.69) is 47.3 Å². The molecule has 0 unspecified atom stereocenters. The molecule has 3 nitrogen and oxygen atoms in total. The van der Waals surface area contributed by atoms with Gasteiger partial charge in [-0.3, -0.25) is 0 Å². The number of benzene rings is 1. The van der Waals surface area contributed by atoms with Gasteiger partial charge in [0.2, 0.25) is 0 Å². The molecular formula is C17H16ClN3S. The Labute approximate surface area is 139 Å². The number of thioether (sulfide) groups is 1. The summed E-state index contributed by atoms with van der Waals surface area (Å²) in [7, 11) is 0. The van der Waals surface area contributed by atoms with Gasteiger partial charge in [-0.25, -0.2) is 9.67 Å². The first-order valence-corrected chi connectivity index (χ1v) is 8.35. The minimum absolute atomic E-state index is 0.665. The fourth-order valence-corrected chi connectivity index (χ4v) is 3.14. The third kappa shape index (κ3) is 3.51. The first-order chi connectivity index (χ1) is 10.6. The zero-order valence-electron chi connectivity index (χ0n) is 12.5. The number of hydrogen-bond donors (Lipinski definition) is 0. The molecule has 0 fully saturated rings. The Hall–Kier alpha value is -1.78. The van der Waals surface area contributed by atoms with E-state index < -0.39 is 0 Å². The number of hydrogen-bond acceptors (Lipinski definition) is 3. The molecule has 5 heteroatoms. The lowest BCUT2D eigenvalue weighted by Gasteiger charge is -2.06. The van der Waals surface area contributed by atoms with Gasteiger partial charge >= 0.3 is 0 Å². The molecule has 112 valence electrons. The molecule has 1 aromatic carbocycles. The van der Waals surface area contributed by atoms with Gasteiger partial charge in [-0.2, -0.15) is 5.10 Å². The molecule has 2 heterocycles. The molecular weight excluding hydrogens is 314 g/mol. The average Bonchev–Trinajstić information content (AvgIpc) is 2.86. The van der Waals surface area contributed by atoms with Crippen LogP contribution in [0.3, 0.4) is 0 Å². The number of nitrogens with zero attached hydrogens (tertiary/aromatic N) is 3. The zero-order chi connectivity index (χ0) is 15.5. The van der Waals surface area contributed by atoms with Gasteiger partial charge in [-0.05, 0) is 49.7 Å². The molecule has 0 aliphatic heterocycles. The van der Waals surface area contributed by atoms with E-state index in [9.17, 15) is 0 Å². The lowest BCUT2D eigenvalue weighted by molar-refractivity contribution is 0.833. The van der Waals surface area contributed by atoms with Crippen LogP contribution in [0.15, 0.2) is 53.7 Å². The van der Waals surface area contributed by atoms with Crippen molar-refractivity contribution in [2.45, 2.75) is 24.6 Å². The van der Waals surface area contributed by atoms with Gasteiger partial charge in [-0.1, -0.05) is 23.7 Å². The fraction of sp³-hybridized carbons (Fsp3) is 0.176. The molecule has 0 amide bonds. The van der Waals surface area contributed by atoms with Gasteiger partial charge in [0, 0.05) is 17.6 Å². The van der Waals surface area contributed by atoms with E-state index in [0.717, 1.165) is 27.9 Å². The normalized spacial score (nSPS) is 10.9. The largest absolute Gasteiger partial charge is 0.248 e. The summed E-state index contributed by atoms with van der Waals surface area (Å²) < 4.78 is 1.97. The average molecular weight is 330 g/mol. The van der Waals surface area contributed by atoms with E-state index in [1.807, 2.05) is 23.7 Å². The quantitative estimate of drug-likeness (QED) is 0.642. The van der Waals surface area contributed by atoms with Gasteiger partial charge in [0.1, 0.15) is 0 Å². The topological polar surface area (TPSA) is 30.7 Å². The summed E-state index contributed by atoms with van der Waals surface area (Å²) in [4.78, 5) is 4.29. The predicted molar refractivity (Wildman–Crippen MR) is 91.8 cm³/mol. The molecule has 0 atom stereocenters. The molecule has 3 aromatic rings. The van der Waals surface area contributed by atoms with Gasteiger partial charge in [-0.15, -0.1) is 11.8 Å². The molecule has 3 rings (SSSR count). The zero-order valence-corrected chi connectivity index (χ0v) is 14.0. The van der Waals surface area contributed by atoms with Crippen LogP contribution in [0.5, 0.6) is 0 Å². The Balaban J connectivity index is 1.69. The van der Waals surface area contributed by atoms with Crippen LogP contribution in [0, 0.1) is 13.8 Å². The van der Waals surface area contributed by atoms with Crippen LogP contribution in [-0.2, 0) is 5.75 Å². The first kappa shape index (κ1) is 15.1. The highest BCUT2D eigenvalue weighted by molar-refractivity contribution is 7.98. The Morgan fingerprint density at radius 1 is 1.09 bits per heavy atom. The lowest BCUT2D eigenvalue weighted by atomic mass is 10.2. The standard InChI is InChI=1S/C17H16ClN3S/c1-12-9-13(2)21(20-12)16-6-3-14(4-7-16)11-22-17-8-5-15(18)10-19-17/h3-10H,11H2,1-2H3. The molecule has 0 N–H and O–H groups in total. The molecule has 0 saturated carbocycles. The van der Waals surface area contributed by atoms with Crippen LogP contribution in [-0.4, -0.2) is 14.8 Å². The number of aryl methyl sites for hydroxylation is 2. The van der Waals surface area contributed by atoms with Crippen molar-refractivity contribution in [3.63, 3.8) is 0 Å². The molecule has 0 aliphatic carbocycles. The molecule has 0 aliphatic rings. The fourth-order valence-electron chi connectivity index (χ4n) is 2.23. The molecule has 0 saturated heterocycles. The maximum absolute atomic E-state index is 5.84. The monoisotopic (exact) mass is 329 g/mol. The minimum atomic E-state index is 0.665. The molecule has 0 bridgehead atoms. The van der Waals surface area contributed by atoms with Crippen LogP contribution in [0.2, 0.25) is 5.02 Å². The van der Waals surface area contributed by atoms with Crippen LogP contribution < -0.4 is 0 Å². The van der Waals surface area contributed by atoms with Gasteiger partial charge in [0.15, 0.2) is 0 Å². The number of halogens is 1. The highest BCUT2D eigenvalue weighted by Gasteiger charge is 2.04. The Bertz CT molecular complexity index is 764. The second kappa shape index (κ2) is 6.55. The Morgan fingerprint density at radius 3 is 2.45 bits per heavy atom. The summed E-state index contributed by atoms with van der Waals surface area (Å²) in [5, 5.41) is 6.14. The summed E-state index contributed by atoms with van der Waals surface area (Å²) in [6.45, 7) is 4.07. The van der Waals surface area contributed by atoms with E-state index in [1.54, 1.807) is 18.0 Å². The second-order valence-electron chi connectivity index (χ2n) is 5.11. The van der Waals surface area contributed by atoms with Crippen molar-refractivity contribution in [2.24, 2.45) is 0 Å². The van der Waals surface area contributed by atoms with E-state index in [-0.39, 0.29) is 0 Å². The van der Waals surface area contributed by atoms with Crippen molar-refractivity contribution in [3.05, 3.63) is 70.6 Å². The third-order valence-electron chi connectivity index (χ3n) is 3.28. The van der Waals surface area contributed by atoms with E-state index >= 15 is 0 Å². The number of aromatic nitrogens is 3. The SMILES string of the molecule is Cc1cc(C)n(-c2ccc(CSc3ccc(Cl)cn3)cc2)n1. The summed E-state index contributed by atoms with van der Waals surface area (Å²) >= 11 is 7.54. The highest BCUT2D eigenvalue weighted by Crippen LogP contribution is 2.22. The Morgan fingerprint density at radius 2 is 1.86 bits per heavy atom. The third-order valence-corrected chi connectivity index (χ3v) is 4.52. The maximum atomic E-state index is 5.84. The van der Waals surface area contributed by atoms with E-state index in [4.69, 9.17) is 11.6 Å². The van der Waals surface area contributed by atoms with Gasteiger partial charge < -0.3 is 0 Å². The van der Waals surface area contributed by atoms with Crippen molar-refractivity contribution in [1.29, 1.82) is 0 Å². The van der Waals surface area contributed by atoms with Gasteiger partial charge in [0.25, 0.3) is 0 Å². The predicted octanol–water partition coefficient (Wildman–Crippen LogP) is 4.83. The van der Waals surface area contributed by atoms with Crippen LogP contribution in [0.1, 0.15) is 17.0 Å². The minimum Gasteiger partial charge on any atom is -0.248 e. The second-order valence-corrected chi connectivity index (χ2v) is 6.54. The summed E-state index contributed by atoms with van der Waals surface area (Å²) in [5.41, 5.74) is 4.52. The number of pyridine rings is 1. The van der Waals surface area contributed by atoms with Crippen molar-refractivity contribution in [2.75, 3.05) is 0 Å². The molecule has 2 aromatic heterocycles. The smallest absolute Gasteiger partial charge is 0.0964 e. The number of rotatable bonds is 4. The summed E-state index contributed by atoms with van der Waals surface area (Å²) in [5.74, 6) is 0.881. The molecule has 0 spiro atoms. The van der Waals surface area contributed by atoms with Crippen LogP contribution in [0.25, 0.3) is 5.69 Å². The van der Waals surface area contributed by atoms with Crippen LogP contribution >= 0.6 is 23.4 Å². The van der Waals surface area contributed by atoms with E-state index in [1.165, 1.54) is 5.56 Å². The van der Waals surface area contributed by atoms with Crippen molar-refractivity contribution < 1.29 is 0 Å². The molecule has 0 radical (unpaired) electrons. The van der Waals surface area contributed by atoms with E-state index in [0.29, 0.717) is 5.02 Å². The summed E-state index contributed by atoms with van der Waals surface area (Å²) in [6.07, 6.45) is 1.68. The maximum Gasteiger partial charge on any atom is 0.0964 e. The summed E-state index contributed by atoms with van der Waals surface area (Å²) in [6, 6.07) is 14.4. The highest BCUT2D eigenvalue weighted by atomic mass is 35.5. The van der Waals surface area contributed by atoms with Crippen LogP contribution in [0.4, 0.5) is 0 Å². The van der Waals surface area contributed by atoms with Crippen molar-refractivity contribution in [1.82, 2.24) is 14.8 Å². The lowest BCUT2D eigenvalue weighted by Crippen LogP contribution is -1.98. The molecule has 22 heavy (non-hydrogen) atoms. The Kier molecular flexibility index (Phi) is 4.50.